The van der Waals surface area contributed by atoms with Crippen LogP contribution in [0.3, 0.4) is 0 Å². The van der Waals surface area contributed by atoms with Crippen molar-refractivity contribution in [3.05, 3.63) is 95.3 Å². The van der Waals surface area contributed by atoms with Crippen LogP contribution in [0, 0.1) is 17.8 Å². The van der Waals surface area contributed by atoms with Gasteiger partial charge in [0.2, 0.25) is 11.8 Å². The minimum absolute atomic E-state index is 0.168. The van der Waals surface area contributed by atoms with Crippen LogP contribution < -0.4 is 10.4 Å². The molecule has 230 valence electrons. The third-order valence-electron chi connectivity index (χ3n) is 9.17. The summed E-state index contributed by atoms with van der Waals surface area (Å²) in [6.45, 7) is 2.08. The predicted molar refractivity (Wildman–Crippen MR) is 173 cm³/mol. The van der Waals surface area contributed by atoms with E-state index in [0.717, 1.165) is 40.8 Å². The van der Waals surface area contributed by atoms with Crippen LogP contribution in [0.15, 0.2) is 84.1 Å². The number of hydrogen-bond acceptors (Lipinski definition) is 8. The molecule has 0 bridgehead atoms. The fraction of sp³-hybridized carbons (Fsp3) is 0.324. The molecule has 1 aliphatic carbocycles. The maximum Gasteiger partial charge on any atom is 0.488 e. The van der Waals surface area contributed by atoms with Crippen molar-refractivity contribution in [2.24, 2.45) is 17.8 Å². The number of hydrogen-bond donors (Lipinski definition) is 4. The monoisotopic (exact) mass is 606 g/mol. The molecule has 2 aliphatic heterocycles. The second kappa shape index (κ2) is 13.1. The van der Waals surface area contributed by atoms with Gasteiger partial charge in [-0.3, -0.25) is 19.5 Å². The van der Waals surface area contributed by atoms with E-state index in [1.165, 1.54) is 17.0 Å². The molecule has 4 atom stereocenters. The lowest BCUT2D eigenvalue weighted by molar-refractivity contribution is -0.122. The molecule has 0 unspecified atom stereocenters. The Hall–Kier alpha value is -4.02. The number of phenolic OH excluding ortho intramolecular Hbond substituents is 1. The molecule has 2 fully saturated rings. The molecule has 11 heteroatoms. The number of imide groups is 1. The highest BCUT2D eigenvalue weighted by atomic mass is 16.5. The number of aromatic nitrogens is 1. The topological polar surface area (TPSA) is 140 Å². The summed E-state index contributed by atoms with van der Waals surface area (Å²) in [6, 6.07) is 18.9. The first kappa shape index (κ1) is 31.0. The number of amides is 2. The van der Waals surface area contributed by atoms with E-state index < -0.39 is 32.2 Å². The Kier molecular flexibility index (Phi) is 9.05. The molecule has 1 aromatic heterocycles. The van der Waals surface area contributed by atoms with Gasteiger partial charge in [-0.15, -0.1) is 0 Å². The summed E-state index contributed by atoms with van der Waals surface area (Å²) in [4.78, 5) is 33.6. The number of pyridine rings is 1. The van der Waals surface area contributed by atoms with Gasteiger partial charge in [0.15, 0.2) is 0 Å². The summed E-state index contributed by atoms with van der Waals surface area (Å²) < 4.78 is 6.20. The van der Waals surface area contributed by atoms with Crippen molar-refractivity contribution in [2.75, 3.05) is 4.90 Å². The number of carbonyl (C=O) groups is 2. The number of phenols is 1. The van der Waals surface area contributed by atoms with Gasteiger partial charge >= 0.3 is 14.2 Å². The SMILES string of the molecule is CCCC1=C2[C@@H](CC/C(=C/c3cccc(O)c3)c3ccccn3)OB(O)C[C@@H]2[C@@H]2C(=O)N(c3cccc(B(O)O)c3)C(=O)[C@@H]2C1. The van der Waals surface area contributed by atoms with Gasteiger partial charge in [-0.2, -0.15) is 0 Å². The second-order valence-electron chi connectivity index (χ2n) is 12.1. The van der Waals surface area contributed by atoms with Crippen LogP contribution in [0.4, 0.5) is 5.69 Å². The largest absolute Gasteiger partial charge is 0.508 e. The van der Waals surface area contributed by atoms with E-state index >= 15 is 0 Å². The maximum absolute atomic E-state index is 14.0. The molecule has 3 heterocycles. The lowest BCUT2D eigenvalue weighted by Gasteiger charge is -2.43. The first-order valence-corrected chi connectivity index (χ1v) is 15.6. The van der Waals surface area contributed by atoms with E-state index in [2.05, 4.69) is 11.9 Å². The summed E-state index contributed by atoms with van der Waals surface area (Å²) in [7, 11) is -2.82. The van der Waals surface area contributed by atoms with Gasteiger partial charge in [0.1, 0.15) is 5.75 Å². The van der Waals surface area contributed by atoms with Crippen molar-refractivity contribution in [1.82, 2.24) is 4.98 Å². The molecular weight excluding hydrogens is 570 g/mol. The highest BCUT2D eigenvalue weighted by Crippen LogP contribution is 2.52. The van der Waals surface area contributed by atoms with Crippen molar-refractivity contribution < 1.29 is 34.4 Å². The maximum atomic E-state index is 14.0. The lowest BCUT2D eigenvalue weighted by Crippen LogP contribution is -2.46. The average molecular weight is 606 g/mol. The van der Waals surface area contributed by atoms with E-state index in [4.69, 9.17) is 4.65 Å². The number of fused-ring (bicyclic) bond motifs is 3. The fourth-order valence-corrected chi connectivity index (χ4v) is 7.31. The number of anilines is 1. The fourth-order valence-electron chi connectivity index (χ4n) is 7.31. The zero-order chi connectivity index (χ0) is 31.7. The summed E-state index contributed by atoms with van der Waals surface area (Å²) >= 11 is 0. The van der Waals surface area contributed by atoms with Crippen molar-refractivity contribution in [2.45, 2.75) is 51.5 Å². The molecular formula is C34H36B2N2O7. The lowest BCUT2D eigenvalue weighted by atomic mass is 9.58. The van der Waals surface area contributed by atoms with Crippen LogP contribution in [-0.2, 0) is 14.2 Å². The molecule has 0 spiro atoms. The van der Waals surface area contributed by atoms with Crippen molar-refractivity contribution >= 4 is 48.9 Å². The number of nitrogens with zero attached hydrogens (tertiary/aromatic N) is 2. The van der Waals surface area contributed by atoms with Gasteiger partial charge < -0.3 is 24.8 Å². The van der Waals surface area contributed by atoms with Gasteiger partial charge in [0.25, 0.3) is 0 Å². The van der Waals surface area contributed by atoms with E-state index in [0.29, 0.717) is 24.9 Å². The Labute approximate surface area is 263 Å². The van der Waals surface area contributed by atoms with Crippen LogP contribution >= 0.6 is 0 Å². The van der Waals surface area contributed by atoms with Crippen LogP contribution in [-0.4, -0.2) is 57.3 Å². The third kappa shape index (κ3) is 6.26. The summed E-state index contributed by atoms with van der Waals surface area (Å²) in [5.41, 5.74) is 5.20. The summed E-state index contributed by atoms with van der Waals surface area (Å²) in [5.74, 6) is -2.03. The van der Waals surface area contributed by atoms with E-state index in [1.54, 1.807) is 36.5 Å². The Bertz CT molecular complexity index is 1640. The first-order valence-electron chi connectivity index (χ1n) is 15.6. The number of rotatable bonds is 9. The Morgan fingerprint density at radius 3 is 2.62 bits per heavy atom. The van der Waals surface area contributed by atoms with E-state index in [-0.39, 0.29) is 35.3 Å². The van der Waals surface area contributed by atoms with Crippen LogP contribution in [0.1, 0.15) is 50.3 Å². The van der Waals surface area contributed by atoms with Crippen LogP contribution in [0.2, 0.25) is 6.32 Å². The van der Waals surface area contributed by atoms with Crippen LogP contribution in [0.5, 0.6) is 5.75 Å². The van der Waals surface area contributed by atoms with Crippen LogP contribution in [0.25, 0.3) is 11.6 Å². The second-order valence-corrected chi connectivity index (χ2v) is 12.1. The molecule has 2 aromatic carbocycles. The number of aromatic hydroxyl groups is 1. The number of allylic oxidation sites excluding steroid dienone is 2. The molecule has 9 nitrogen and oxygen atoms in total. The van der Waals surface area contributed by atoms with E-state index in [1.807, 2.05) is 30.3 Å². The minimum Gasteiger partial charge on any atom is -0.508 e. The number of benzene rings is 2. The molecule has 3 aromatic rings. The quantitative estimate of drug-likeness (QED) is 0.165. The zero-order valence-corrected chi connectivity index (χ0v) is 25.1. The van der Waals surface area contributed by atoms with Gasteiger partial charge in [-0.25, -0.2) is 0 Å². The highest BCUT2D eigenvalue weighted by molar-refractivity contribution is 6.58. The first-order chi connectivity index (χ1) is 21.7. The zero-order valence-electron chi connectivity index (χ0n) is 25.1. The van der Waals surface area contributed by atoms with Crippen molar-refractivity contribution in [1.29, 1.82) is 0 Å². The van der Waals surface area contributed by atoms with Crippen molar-refractivity contribution in [3.8, 4) is 5.75 Å². The molecule has 4 N–H and O–H groups in total. The molecule has 3 aliphatic rings. The smallest absolute Gasteiger partial charge is 0.488 e. The average Bonchev–Trinajstić information content (AvgIpc) is 3.28. The predicted octanol–water partition coefficient (Wildman–Crippen LogP) is 3.59. The normalized spacial score (nSPS) is 23.3. The Morgan fingerprint density at radius 1 is 1.07 bits per heavy atom. The molecule has 0 saturated carbocycles. The molecule has 0 radical (unpaired) electrons. The summed E-state index contributed by atoms with van der Waals surface area (Å²) in [5, 5.41) is 40.4. The van der Waals surface area contributed by atoms with E-state index in [9.17, 15) is 29.8 Å². The molecule has 2 saturated heterocycles. The number of carbonyl (C=O) groups excluding carboxylic acids is 2. The Morgan fingerprint density at radius 2 is 1.89 bits per heavy atom. The highest BCUT2D eigenvalue weighted by Gasteiger charge is 2.57. The van der Waals surface area contributed by atoms with Gasteiger partial charge in [-0.1, -0.05) is 49.2 Å². The van der Waals surface area contributed by atoms with Gasteiger partial charge in [0, 0.05) is 6.20 Å². The molecule has 45 heavy (non-hydrogen) atoms. The molecule has 2 amide bonds. The van der Waals surface area contributed by atoms with Gasteiger partial charge in [0.05, 0.1) is 29.3 Å². The third-order valence-corrected chi connectivity index (χ3v) is 9.17. The van der Waals surface area contributed by atoms with Gasteiger partial charge in [-0.05, 0) is 103 Å². The Balaban J connectivity index is 1.33. The minimum atomic E-state index is -1.73. The van der Waals surface area contributed by atoms with Crippen molar-refractivity contribution in [3.63, 3.8) is 0 Å². The molecule has 6 rings (SSSR count). The standard InChI is InChI=1S/C34H36B2N2O7/c1-2-7-23-18-27-32(34(41)38(33(27)40)25-10-6-9-24(19-25)36(43)44)28-20-35(42)45-30(31(23)28)14-13-22(29-12-3-4-15-37-29)16-21-8-5-11-26(39)17-21/h3-6,8-12,15-17,19,27-28,30,32,39,42-44H,2,7,13-14,18,20H2,1H3/b22-16-/t27-,28+,30-,32-/m1/s1. The summed E-state index contributed by atoms with van der Waals surface area (Å²) in [6.07, 6.45) is 6.62.